The highest BCUT2D eigenvalue weighted by molar-refractivity contribution is 5.93. The van der Waals surface area contributed by atoms with E-state index in [0.717, 1.165) is 17.7 Å². The van der Waals surface area contributed by atoms with E-state index in [1.54, 1.807) is 24.5 Å². The summed E-state index contributed by atoms with van der Waals surface area (Å²) in [6.07, 6.45) is 5.14. The van der Waals surface area contributed by atoms with Gasteiger partial charge < -0.3 is 14.8 Å². The molecule has 3 atom stereocenters. The van der Waals surface area contributed by atoms with Crippen LogP contribution in [0.2, 0.25) is 0 Å². The van der Waals surface area contributed by atoms with Crippen molar-refractivity contribution in [2.75, 3.05) is 25.0 Å². The van der Waals surface area contributed by atoms with Gasteiger partial charge in [0, 0.05) is 31.3 Å². The van der Waals surface area contributed by atoms with E-state index in [2.05, 4.69) is 15.3 Å². The van der Waals surface area contributed by atoms with Crippen LogP contribution in [0.5, 0.6) is 11.6 Å². The van der Waals surface area contributed by atoms with Gasteiger partial charge in [0.15, 0.2) is 0 Å². The number of rotatable bonds is 10. The number of pyridine rings is 2. The van der Waals surface area contributed by atoms with Crippen LogP contribution in [0.3, 0.4) is 0 Å². The van der Waals surface area contributed by atoms with Gasteiger partial charge in [-0.3, -0.25) is 9.69 Å². The molecule has 1 aliphatic heterocycles. The highest BCUT2D eigenvalue weighted by atomic mass is 19.1. The maximum atomic E-state index is 14.9. The average molecular weight is 505 g/mol. The number of anilines is 1. The molecule has 1 aromatic carbocycles. The van der Waals surface area contributed by atoms with Gasteiger partial charge in [-0.05, 0) is 55.4 Å². The molecular formula is C29H33FN4O3. The van der Waals surface area contributed by atoms with Crippen molar-refractivity contribution in [1.29, 1.82) is 0 Å². The van der Waals surface area contributed by atoms with Gasteiger partial charge in [-0.1, -0.05) is 36.4 Å². The number of hydrogen-bond acceptors (Lipinski definition) is 6. The lowest BCUT2D eigenvalue weighted by atomic mass is 9.89. The smallest absolute Gasteiger partial charge is 0.242 e. The third kappa shape index (κ3) is 6.83. The number of carbonyl (C=O) groups excluding carboxylic acids is 1. The summed E-state index contributed by atoms with van der Waals surface area (Å²) in [5.41, 5.74) is 1.86. The summed E-state index contributed by atoms with van der Waals surface area (Å²) in [6.45, 7) is 3.93. The Balaban J connectivity index is 1.14. The lowest BCUT2D eigenvalue weighted by Gasteiger charge is -2.38. The van der Waals surface area contributed by atoms with E-state index in [0.29, 0.717) is 49.5 Å². The van der Waals surface area contributed by atoms with Crippen LogP contribution in [-0.4, -0.2) is 52.7 Å². The van der Waals surface area contributed by atoms with Crippen molar-refractivity contribution >= 4 is 11.7 Å². The van der Waals surface area contributed by atoms with Crippen LogP contribution in [0.1, 0.15) is 43.2 Å². The standard InChI is InChI=1S/C29H33FN4O3/c1-20(29(35)33-27-11-10-24(16-31-27)36-18-22-7-8-22)34-14-13-26(30)25(17-34)23-9-12-28(32-15-23)37-19-21-5-3-2-4-6-21/h2-6,9-12,15-16,20,22,25-26H,7-8,13-14,17-19H2,1H3,(H,31,33,35). The number of aromatic nitrogens is 2. The van der Waals surface area contributed by atoms with Crippen molar-refractivity contribution in [1.82, 2.24) is 14.9 Å². The molecule has 194 valence electrons. The molecule has 8 heteroatoms. The maximum absolute atomic E-state index is 14.9. The number of hydrogen-bond donors (Lipinski definition) is 1. The molecule has 37 heavy (non-hydrogen) atoms. The first-order valence-electron chi connectivity index (χ1n) is 13.0. The fraction of sp³-hybridized carbons (Fsp3) is 0.414. The van der Waals surface area contributed by atoms with E-state index in [9.17, 15) is 9.18 Å². The molecule has 1 aliphatic carbocycles. The molecule has 1 saturated carbocycles. The van der Waals surface area contributed by atoms with Gasteiger partial charge in [0.1, 0.15) is 24.3 Å². The Labute approximate surface area is 217 Å². The molecule has 7 nitrogen and oxygen atoms in total. The molecule has 2 fully saturated rings. The van der Waals surface area contributed by atoms with Crippen molar-refractivity contribution < 1.29 is 18.7 Å². The van der Waals surface area contributed by atoms with E-state index < -0.39 is 12.2 Å². The van der Waals surface area contributed by atoms with Gasteiger partial charge >= 0.3 is 0 Å². The Kier molecular flexibility index (Phi) is 7.94. The normalized spacial score (nSPS) is 20.7. The fourth-order valence-electron chi connectivity index (χ4n) is 4.48. The molecular weight excluding hydrogens is 471 g/mol. The molecule has 5 rings (SSSR count). The molecule has 1 N–H and O–H groups in total. The van der Waals surface area contributed by atoms with Crippen molar-refractivity contribution in [3.8, 4) is 11.6 Å². The third-order valence-corrected chi connectivity index (χ3v) is 7.07. The number of piperidine rings is 1. The largest absolute Gasteiger partial charge is 0.492 e. The fourth-order valence-corrected chi connectivity index (χ4v) is 4.48. The van der Waals surface area contributed by atoms with Gasteiger partial charge in [0.25, 0.3) is 0 Å². The lowest BCUT2D eigenvalue weighted by Crippen LogP contribution is -2.49. The number of nitrogens with one attached hydrogen (secondary N) is 1. The predicted molar refractivity (Wildman–Crippen MR) is 139 cm³/mol. The Hall–Kier alpha value is -3.52. The molecule has 2 aromatic heterocycles. The van der Waals surface area contributed by atoms with Crippen LogP contribution in [0.15, 0.2) is 67.0 Å². The van der Waals surface area contributed by atoms with E-state index >= 15 is 0 Å². The maximum Gasteiger partial charge on any atom is 0.242 e. The summed E-state index contributed by atoms with van der Waals surface area (Å²) in [5, 5.41) is 2.87. The lowest BCUT2D eigenvalue weighted by molar-refractivity contribution is -0.121. The summed E-state index contributed by atoms with van der Waals surface area (Å²) in [7, 11) is 0. The minimum atomic E-state index is -0.991. The first-order valence-corrected chi connectivity index (χ1v) is 13.0. The molecule has 3 heterocycles. The first kappa shape index (κ1) is 25.1. The zero-order valence-corrected chi connectivity index (χ0v) is 21.1. The van der Waals surface area contributed by atoms with Gasteiger partial charge in [-0.15, -0.1) is 0 Å². The van der Waals surface area contributed by atoms with Crippen LogP contribution in [0, 0.1) is 5.92 Å². The Morgan fingerprint density at radius 1 is 1.05 bits per heavy atom. The average Bonchev–Trinajstić information content (AvgIpc) is 3.77. The minimum Gasteiger partial charge on any atom is -0.492 e. The minimum absolute atomic E-state index is 0.169. The van der Waals surface area contributed by atoms with E-state index in [1.807, 2.05) is 54.3 Å². The van der Waals surface area contributed by atoms with Crippen molar-refractivity contribution in [3.05, 3.63) is 78.1 Å². The second kappa shape index (κ2) is 11.7. The molecule has 0 bridgehead atoms. The summed E-state index contributed by atoms with van der Waals surface area (Å²) in [5.74, 6) is 1.82. The SMILES string of the molecule is CC(C(=O)Nc1ccc(OCC2CC2)cn1)N1CCC(F)C(c2ccc(OCc3ccccc3)nc2)C1. The first-order chi connectivity index (χ1) is 18.0. The molecule has 3 aromatic rings. The van der Waals surface area contributed by atoms with Crippen LogP contribution >= 0.6 is 0 Å². The van der Waals surface area contributed by atoms with Crippen LogP contribution in [0.4, 0.5) is 10.2 Å². The number of nitrogens with zero attached hydrogens (tertiary/aromatic N) is 3. The predicted octanol–water partition coefficient (Wildman–Crippen LogP) is 5.00. The number of halogens is 1. The number of amides is 1. The molecule has 1 saturated heterocycles. The van der Waals surface area contributed by atoms with Crippen molar-refractivity contribution in [2.24, 2.45) is 5.92 Å². The topological polar surface area (TPSA) is 76.6 Å². The highest BCUT2D eigenvalue weighted by Gasteiger charge is 2.34. The quantitative estimate of drug-likeness (QED) is 0.419. The summed E-state index contributed by atoms with van der Waals surface area (Å²) in [4.78, 5) is 23.6. The van der Waals surface area contributed by atoms with Crippen LogP contribution in [-0.2, 0) is 11.4 Å². The van der Waals surface area contributed by atoms with Crippen molar-refractivity contribution in [2.45, 2.75) is 50.9 Å². The molecule has 3 unspecified atom stereocenters. The van der Waals surface area contributed by atoms with Gasteiger partial charge in [0.2, 0.25) is 11.8 Å². The molecule has 0 radical (unpaired) electrons. The Morgan fingerprint density at radius 3 is 2.59 bits per heavy atom. The molecule has 0 spiro atoms. The van der Waals surface area contributed by atoms with E-state index in [4.69, 9.17) is 9.47 Å². The van der Waals surface area contributed by atoms with Crippen molar-refractivity contribution in [3.63, 3.8) is 0 Å². The number of carbonyl (C=O) groups is 1. The van der Waals surface area contributed by atoms with Crippen LogP contribution in [0.25, 0.3) is 0 Å². The zero-order chi connectivity index (χ0) is 25.6. The number of alkyl halides is 1. The van der Waals surface area contributed by atoms with E-state index in [-0.39, 0.29) is 11.8 Å². The summed E-state index contributed by atoms with van der Waals surface area (Å²) >= 11 is 0. The highest BCUT2D eigenvalue weighted by Crippen LogP contribution is 2.31. The molecule has 2 aliphatic rings. The zero-order valence-electron chi connectivity index (χ0n) is 21.1. The van der Waals surface area contributed by atoms with E-state index in [1.165, 1.54) is 12.8 Å². The number of likely N-dealkylation sites (tertiary alicyclic amines) is 1. The second-order valence-electron chi connectivity index (χ2n) is 9.91. The monoisotopic (exact) mass is 504 g/mol. The van der Waals surface area contributed by atoms with Gasteiger partial charge in [-0.2, -0.15) is 0 Å². The Bertz CT molecular complexity index is 1160. The number of ether oxygens (including phenoxy) is 2. The Morgan fingerprint density at radius 2 is 1.89 bits per heavy atom. The third-order valence-electron chi connectivity index (χ3n) is 7.07. The number of benzene rings is 1. The van der Waals surface area contributed by atoms with Gasteiger partial charge in [0.05, 0.1) is 18.8 Å². The second-order valence-corrected chi connectivity index (χ2v) is 9.91. The van der Waals surface area contributed by atoms with Crippen LogP contribution < -0.4 is 14.8 Å². The van der Waals surface area contributed by atoms with Gasteiger partial charge in [-0.25, -0.2) is 14.4 Å². The summed E-state index contributed by atoms with van der Waals surface area (Å²) in [6, 6.07) is 16.7. The summed E-state index contributed by atoms with van der Waals surface area (Å²) < 4.78 is 26.4. The molecule has 1 amide bonds.